The minimum absolute atomic E-state index is 0.138. The second-order valence-corrected chi connectivity index (χ2v) is 2.70. The number of aliphatic hydroxyl groups is 1. The van der Waals surface area contributed by atoms with Crippen molar-refractivity contribution in [2.24, 2.45) is 0 Å². The molecule has 0 amide bonds. The van der Waals surface area contributed by atoms with Crippen LogP contribution in [0.2, 0.25) is 0 Å². The highest BCUT2D eigenvalue weighted by Gasteiger charge is 1.95. The van der Waals surface area contributed by atoms with Crippen LogP contribution >= 0.6 is 0 Å². The van der Waals surface area contributed by atoms with Crippen LogP contribution in [0.25, 0.3) is 0 Å². The summed E-state index contributed by atoms with van der Waals surface area (Å²) in [4.78, 5) is 0. The molecular formula is C9H18O. The lowest BCUT2D eigenvalue weighted by molar-refractivity contribution is 0.173. The molecule has 0 heterocycles. The molecule has 60 valence electrons. The molecule has 0 spiro atoms. The third-order valence-electron chi connectivity index (χ3n) is 1.77. The molecule has 1 nitrogen and oxygen atoms in total. The van der Waals surface area contributed by atoms with E-state index in [4.69, 9.17) is 5.11 Å². The fourth-order valence-corrected chi connectivity index (χ4v) is 0.648. The number of rotatable bonds is 4. The fraction of sp³-hybridized carbons (Fsp3) is 0.778. The highest BCUT2D eigenvalue weighted by Crippen LogP contribution is 2.04. The van der Waals surface area contributed by atoms with Gasteiger partial charge in [-0.2, -0.15) is 0 Å². The van der Waals surface area contributed by atoms with Gasteiger partial charge in [-0.1, -0.05) is 25.5 Å². The van der Waals surface area contributed by atoms with Crippen molar-refractivity contribution < 1.29 is 5.11 Å². The van der Waals surface area contributed by atoms with E-state index in [2.05, 4.69) is 19.9 Å². The number of hydrogen-bond acceptors (Lipinski definition) is 1. The first-order valence-corrected chi connectivity index (χ1v) is 4.04. The summed E-state index contributed by atoms with van der Waals surface area (Å²) in [7, 11) is 0. The minimum Gasteiger partial charge on any atom is -0.393 e. The smallest absolute Gasteiger partial charge is 0.0572 e. The van der Waals surface area contributed by atoms with E-state index < -0.39 is 0 Å². The van der Waals surface area contributed by atoms with Gasteiger partial charge in [-0.05, 0) is 26.2 Å². The van der Waals surface area contributed by atoms with Crippen LogP contribution in [0.1, 0.15) is 40.0 Å². The third kappa shape index (κ3) is 4.57. The molecule has 0 fully saturated rings. The molecule has 0 radical (unpaired) electrons. The maximum absolute atomic E-state index is 9.16. The molecule has 0 aromatic heterocycles. The van der Waals surface area contributed by atoms with E-state index in [1.807, 2.05) is 6.92 Å². The van der Waals surface area contributed by atoms with E-state index in [-0.39, 0.29) is 6.10 Å². The van der Waals surface area contributed by atoms with Crippen molar-refractivity contribution in [1.29, 1.82) is 0 Å². The molecule has 10 heavy (non-hydrogen) atoms. The van der Waals surface area contributed by atoms with Crippen molar-refractivity contribution in [3.8, 4) is 0 Å². The Morgan fingerprint density at radius 2 is 2.10 bits per heavy atom. The van der Waals surface area contributed by atoms with E-state index in [1.165, 1.54) is 5.57 Å². The lowest BCUT2D eigenvalue weighted by Gasteiger charge is -2.03. The van der Waals surface area contributed by atoms with Gasteiger partial charge in [-0.15, -0.1) is 0 Å². The van der Waals surface area contributed by atoms with Crippen LogP contribution in [0.4, 0.5) is 0 Å². The first-order chi connectivity index (χ1) is 4.70. The van der Waals surface area contributed by atoms with Gasteiger partial charge in [-0.3, -0.25) is 0 Å². The first-order valence-electron chi connectivity index (χ1n) is 4.04. The zero-order valence-electron chi connectivity index (χ0n) is 7.22. The predicted octanol–water partition coefficient (Wildman–Crippen LogP) is 2.50. The van der Waals surface area contributed by atoms with E-state index in [1.54, 1.807) is 0 Å². The Morgan fingerprint density at radius 3 is 2.50 bits per heavy atom. The van der Waals surface area contributed by atoms with Crippen molar-refractivity contribution in [2.45, 2.75) is 46.1 Å². The second kappa shape index (κ2) is 5.48. The molecule has 1 unspecified atom stereocenters. The molecule has 1 heteroatoms. The molecule has 0 rings (SSSR count). The number of hydrogen-bond donors (Lipinski definition) is 1. The molecule has 1 atom stereocenters. The van der Waals surface area contributed by atoms with Crippen LogP contribution in [-0.4, -0.2) is 11.2 Å². The minimum atomic E-state index is -0.138. The third-order valence-corrected chi connectivity index (χ3v) is 1.77. The Bertz CT molecular complexity index is 105. The molecular weight excluding hydrogens is 124 g/mol. The average Bonchev–Trinajstić information content (AvgIpc) is 1.99. The molecule has 0 aromatic rings. The lowest BCUT2D eigenvalue weighted by atomic mass is 10.1. The summed E-state index contributed by atoms with van der Waals surface area (Å²) >= 11 is 0. The highest BCUT2D eigenvalue weighted by molar-refractivity contribution is 4.97. The van der Waals surface area contributed by atoms with Gasteiger partial charge in [-0.25, -0.2) is 0 Å². The Hall–Kier alpha value is -0.300. The van der Waals surface area contributed by atoms with Crippen LogP contribution in [0.15, 0.2) is 11.6 Å². The standard InChI is InChI=1S/C9H18O/c1-4-8(3)6-7-9(10)5-2/h6,9-10H,4-5,7H2,1-3H3/b8-6-. The number of aliphatic hydroxyl groups excluding tert-OH is 1. The molecule has 0 saturated heterocycles. The van der Waals surface area contributed by atoms with Crippen LogP contribution in [0.5, 0.6) is 0 Å². The highest BCUT2D eigenvalue weighted by atomic mass is 16.3. The van der Waals surface area contributed by atoms with Crippen LogP contribution < -0.4 is 0 Å². The summed E-state index contributed by atoms with van der Waals surface area (Å²) in [5.41, 5.74) is 1.37. The Labute approximate surface area is 63.8 Å². The molecule has 0 bridgehead atoms. The molecule has 0 aliphatic heterocycles. The van der Waals surface area contributed by atoms with Gasteiger partial charge in [0, 0.05) is 0 Å². The van der Waals surface area contributed by atoms with Gasteiger partial charge in [0.05, 0.1) is 6.10 Å². The Morgan fingerprint density at radius 1 is 1.50 bits per heavy atom. The fourth-order valence-electron chi connectivity index (χ4n) is 0.648. The van der Waals surface area contributed by atoms with Crippen LogP contribution in [0, 0.1) is 0 Å². The van der Waals surface area contributed by atoms with Crippen LogP contribution in [0.3, 0.4) is 0 Å². The van der Waals surface area contributed by atoms with Gasteiger partial charge >= 0.3 is 0 Å². The zero-order valence-corrected chi connectivity index (χ0v) is 7.22. The Balaban J connectivity index is 3.50. The van der Waals surface area contributed by atoms with Crippen molar-refractivity contribution in [2.75, 3.05) is 0 Å². The van der Waals surface area contributed by atoms with Crippen molar-refractivity contribution in [1.82, 2.24) is 0 Å². The lowest BCUT2D eigenvalue weighted by Crippen LogP contribution is -2.01. The summed E-state index contributed by atoms with van der Waals surface area (Å²) in [6.45, 7) is 6.23. The summed E-state index contributed by atoms with van der Waals surface area (Å²) in [6.07, 6.45) is 4.75. The van der Waals surface area contributed by atoms with Gasteiger partial charge in [0.1, 0.15) is 0 Å². The van der Waals surface area contributed by atoms with E-state index in [0.29, 0.717) is 0 Å². The predicted molar refractivity (Wildman–Crippen MR) is 45.0 cm³/mol. The van der Waals surface area contributed by atoms with Crippen LogP contribution in [-0.2, 0) is 0 Å². The summed E-state index contributed by atoms with van der Waals surface area (Å²) < 4.78 is 0. The maximum Gasteiger partial charge on any atom is 0.0572 e. The maximum atomic E-state index is 9.16. The Kier molecular flexibility index (Phi) is 5.32. The molecule has 1 N–H and O–H groups in total. The SMILES string of the molecule is CC/C(C)=C\CC(O)CC. The van der Waals surface area contributed by atoms with Gasteiger partial charge in [0.25, 0.3) is 0 Å². The van der Waals surface area contributed by atoms with Crippen molar-refractivity contribution in [3.05, 3.63) is 11.6 Å². The first kappa shape index (κ1) is 9.70. The van der Waals surface area contributed by atoms with Crippen molar-refractivity contribution in [3.63, 3.8) is 0 Å². The van der Waals surface area contributed by atoms with Gasteiger partial charge in [0.2, 0.25) is 0 Å². The summed E-state index contributed by atoms with van der Waals surface area (Å²) in [5.74, 6) is 0. The largest absolute Gasteiger partial charge is 0.393 e. The number of allylic oxidation sites excluding steroid dienone is 1. The molecule has 0 saturated carbocycles. The van der Waals surface area contributed by atoms with Gasteiger partial charge in [0.15, 0.2) is 0 Å². The quantitative estimate of drug-likeness (QED) is 0.598. The molecule has 0 aromatic carbocycles. The summed E-state index contributed by atoms with van der Waals surface area (Å²) in [5, 5.41) is 9.16. The van der Waals surface area contributed by atoms with E-state index in [9.17, 15) is 0 Å². The summed E-state index contributed by atoms with van der Waals surface area (Å²) in [6, 6.07) is 0. The van der Waals surface area contributed by atoms with Crippen molar-refractivity contribution >= 4 is 0 Å². The topological polar surface area (TPSA) is 20.2 Å². The zero-order chi connectivity index (χ0) is 7.98. The van der Waals surface area contributed by atoms with E-state index in [0.717, 1.165) is 19.3 Å². The molecule has 0 aliphatic carbocycles. The van der Waals surface area contributed by atoms with E-state index >= 15 is 0 Å². The molecule has 0 aliphatic rings. The monoisotopic (exact) mass is 142 g/mol. The second-order valence-electron chi connectivity index (χ2n) is 2.70. The average molecular weight is 142 g/mol. The normalized spacial score (nSPS) is 15.4. The van der Waals surface area contributed by atoms with Gasteiger partial charge < -0.3 is 5.11 Å².